The van der Waals surface area contributed by atoms with Gasteiger partial charge >= 0.3 is 5.97 Å². The van der Waals surface area contributed by atoms with Gasteiger partial charge in [0.15, 0.2) is 0 Å². The fourth-order valence-corrected chi connectivity index (χ4v) is 2.28. The molecule has 0 spiro atoms. The Morgan fingerprint density at radius 2 is 1.95 bits per heavy atom. The highest BCUT2D eigenvalue weighted by Crippen LogP contribution is 2.29. The van der Waals surface area contributed by atoms with Gasteiger partial charge in [-0.15, -0.1) is 0 Å². The third-order valence-corrected chi connectivity index (χ3v) is 3.19. The van der Waals surface area contributed by atoms with Crippen LogP contribution in [0.4, 0.5) is 5.69 Å². The second kappa shape index (κ2) is 6.23. The Morgan fingerprint density at radius 1 is 1.25 bits per heavy atom. The van der Waals surface area contributed by atoms with Crippen LogP contribution in [0.3, 0.4) is 0 Å². The smallest absolute Gasteiger partial charge is 0.332 e. The number of benzene rings is 1. The molecule has 0 aliphatic heterocycles. The molecule has 0 atom stereocenters. The molecular formula is C15H17NO4. The SMILES string of the molecule is CCOc1ccccc1NC(=O)C1=C(C(=O)O)CCC1. The van der Waals surface area contributed by atoms with E-state index in [1.54, 1.807) is 18.2 Å². The summed E-state index contributed by atoms with van der Waals surface area (Å²) in [4.78, 5) is 23.3. The lowest BCUT2D eigenvalue weighted by Crippen LogP contribution is -2.17. The Bertz CT molecular complexity index is 563. The molecule has 0 radical (unpaired) electrons. The maximum Gasteiger partial charge on any atom is 0.332 e. The molecule has 2 rings (SSSR count). The van der Waals surface area contributed by atoms with E-state index in [1.807, 2.05) is 13.0 Å². The molecule has 0 bridgehead atoms. The monoisotopic (exact) mass is 275 g/mol. The van der Waals surface area contributed by atoms with Crippen molar-refractivity contribution in [1.82, 2.24) is 0 Å². The Morgan fingerprint density at radius 3 is 2.65 bits per heavy atom. The zero-order valence-electron chi connectivity index (χ0n) is 11.3. The summed E-state index contributed by atoms with van der Waals surface area (Å²) in [6.45, 7) is 2.36. The van der Waals surface area contributed by atoms with E-state index >= 15 is 0 Å². The molecule has 1 aromatic rings. The van der Waals surface area contributed by atoms with Gasteiger partial charge < -0.3 is 15.2 Å². The Labute approximate surface area is 117 Å². The largest absolute Gasteiger partial charge is 0.492 e. The molecule has 5 nitrogen and oxygen atoms in total. The molecule has 106 valence electrons. The fourth-order valence-electron chi connectivity index (χ4n) is 2.28. The van der Waals surface area contributed by atoms with Crippen molar-refractivity contribution >= 4 is 17.6 Å². The van der Waals surface area contributed by atoms with E-state index in [0.29, 0.717) is 42.9 Å². The van der Waals surface area contributed by atoms with Crippen LogP contribution < -0.4 is 10.1 Å². The Balaban J connectivity index is 2.20. The van der Waals surface area contributed by atoms with Gasteiger partial charge in [0.25, 0.3) is 5.91 Å². The quantitative estimate of drug-likeness (QED) is 0.866. The van der Waals surface area contributed by atoms with Crippen LogP contribution in [0, 0.1) is 0 Å². The third kappa shape index (κ3) is 2.99. The molecule has 0 saturated heterocycles. The van der Waals surface area contributed by atoms with Crippen molar-refractivity contribution in [3.63, 3.8) is 0 Å². The number of para-hydroxylation sites is 2. The van der Waals surface area contributed by atoms with Crippen LogP contribution in [-0.4, -0.2) is 23.6 Å². The van der Waals surface area contributed by atoms with E-state index in [9.17, 15) is 9.59 Å². The number of hydrogen-bond donors (Lipinski definition) is 2. The number of ether oxygens (including phenoxy) is 1. The molecule has 1 amide bonds. The van der Waals surface area contributed by atoms with Crippen LogP contribution in [0.25, 0.3) is 0 Å². The summed E-state index contributed by atoms with van der Waals surface area (Å²) in [5.41, 5.74) is 1.14. The molecule has 20 heavy (non-hydrogen) atoms. The molecule has 0 unspecified atom stereocenters. The number of nitrogens with one attached hydrogen (secondary N) is 1. The maximum absolute atomic E-state index is 12.2. The van der Waals surface area contributed by atoms with Gasteiger partial charge in [0.1, 0.15) is 5.75 Å². The van der Waals surface area contributed by atoms with Crippen LogP contribution in [0.15, 0.2) is 35.4 Å². The molecule has 1 aliphatic rings. The van der Waals surface area contributed by atoms with Crippen molar-refractivity contribution in [2.75, 3.05) is 11.9 Å². The van der Waals surface area contributed by atoms with Crippen molar-refractivity contribution < 1.29 is 19.4 Å². The topological polar surface area (TPSA) is 75.6 Å². The molecule has 1 aromatic carbocycles. The summed E-state index contributed by atoms with van der Waals surface area (Å²) in [7, 11) is 0. The minimum atomic E-state index is -1.01. The molecule has 1 aliphatic carbocycles. The van der Waals surface area contributed by atoms with Crippen molar-refractivity contribution in [3.05, 3.63) is 35.4 Å². The molecule has 2 N–H and O–H groups in total. The first-order valence-electron chi connectivity index (χ1n) is 6.62. The van der Waals surface area contributed by atoms with E-state index in [0.717, 1.165) is 0 Å². The number of rotatable bonds is 5. The van der Waals surface area contributed by atoms with Crippen LogP contribution >= 0.6 is 0 Å². The second-order valence-electron chi connectivity index (χ2n) is 4.50. The fraction of sp³-hybridized carbons (Fsp3) is 0.333. The lowest BCUT2D eigenvalue weighted by Gasteiger charge is -2.12. The van der Waals surface area contributed by atoms with Crippen LogP contribution in [-0.2, 0) is 9.59 Å². The summed E-state index contributed by atoms with van der Waals surface area (Å²) < 4.78 is 5.43. The summed E-state index contributed by atoms with van der Waals surface area (Å²) in [6, 6.07) is 7.11. The van der Waals surface area contributed by atoms with Gasteiger partial charge in [0.2, 0.25) is 0 Å². The second-order valence-corrected chi connectivity index (χ2v) is 4.50. The Hall–Kier alpha value is -2.30. The highest BCUT2D eigenvalue weighted by Gasteiger charge is 2.25. The van der Waals surface area contributed by atoms with Crippen molar-refractivity contribution in [2.45, 2.75) is 26.2 Å². The standard InChI is InChI=1S/C15H17NO4/c1-2-20-13-9-4-3-8-12(13)16-14(17)10-6-5-7-11(10)15(18)19/h3-4,8-9H,2,5-7H2,1H3,(H,16,17)(H,18,19). The molecule has 0 aromatic heterocycles. The molecule has 0 saturated carbocycles. The molecular weight excluding hydrogens is 258 g/mol. The van der Waals surface area contributed by atoms with Crippen LogP contribution in [0.5, 0.6) is 5.75 Å². The molecule has 5 heteroatoms. The van der Waals surface area contributed by atoms with E-state index in [2.05, 4.69) is 5.32 Å². The van der Waals surface area contributed by atoms with Gasteiger partial charge in [-0.2, -0.15) is 0 Å². The number of hydrogen-bond acceptors (Lipinski definition) is 3. The normalized spacial score (nSPS) is 14.2. The summed E-state index contributed by atoms with van der Waals surface area (Å²) >= 11 is 0. The van der Waals surface area contributed by atoms with Crippen molar-refractivity contribution in [3.8, 4) is 5.75 Å². The lowest BCUT2D eigenvalue weighted by molar-refractivity contribution is -0.133. The number of carbonyl (C=O) groups is 2. The van der Waals surface area contributed by atoms with Gasteiger partial charge in [-0.1, -0.05) is 12.1 Å². The van der Waals surface area contributed by atoms with Crippen LogP contribution in [0.1, 0.15) is 26.2 Å². The highest BCUT2D eigenvalue weighted by atomic mass is 16.5. The summed E-state index contributed by atoms with van der Waals surface area (Å²) in [6.07, 6.45) is 1.66. The minimum absolute atomic E-state index is 0.219. The van der Waals surface area contributed by atoms with Crippen LogP contribution in [0.2, 0.25) is 0 Å². The first-order chi connectivity index (χ1) is 9.63. The third-order valence-electron chi connectivity index (χ3n) is 3.19. The minimum Gasteiger partial charge on any atom is -0.492 e. The first-order valence-corrected chi connectivity index (χ1v) is 6.62. The van der Waals surface area contributed by atoms with Gasteiger partial charge in [0, 0.05) is 11.1 Å². The van der Waals surface area contributed by atoms with E-state index < -0.39 is 5.97 Å². The van der Waals surface area contributed by atoms with Crippen molar-refractivity contribution in [2.24, 2.45) is 0 Å². The number of carboxylic acids is 1. The van der Waals surface area contributed by atoms with E-state index in [1.165, 1.54) is 0 Å². The lowest BCUT2D eigenvalue weighted by atomic mass is 10.1. The summed E-state index contributed by atoms with van der Waals surface area (Å²) in [5.74, 6) is -0.781. The number of amides is 1. The molecule has 0 fully saturated rings. The van der Waals surface area contributed by atoms with E-state index in [-0.39, 0.29) is 11.5 Å². The predicted octanol–water partition coefficient (Wildman–Crippen LogP) is 2.59. The summed E-state index contributed by atoms with van der Waals surface area (Å²) in [5, 5.41) is 11.8. The molecule has 0 heterocycles. The first kappa shape index (κ1) is 14.1. The van der Waals surface area contributed by atoms with Gasteiger partial charge in [-0.25, -0.2) is 4.79 Å². The zero-order chi connectivity index (χ0) is 14.5. The number of carbonyl (C=O) groups excluding carboxylic acids is 1. The predicted molar refractivity (Wildman–Crippen MR) is 74.8 cm³/mol. The van der Waals surface area contributed by atoms with Gasteiger partial charge in [0.05, 0.1) is 12.3 Å². The van der Waals surface area contributed by atoms with Crippen molar-refractivity contribution in [1.29, 1.82) is 0 Å². The highest BCUT2D eigenvalue weighted by molar-refractivity contribution is 6.09. The average Bonchev–Trinajstić information content (AvgIpc) is 2.91. The number of anilines is 1. The van der Waals surface area contributed by atoms with Gasteiger partial charge in [-0.05, 0) is 38.3 Å². The van der Waals surface area contributed by atoms with E-state index in [4.69, 9.17) is 9.84 Å². The number of carboxylic acid groups (broad SMARTS) is 1. The average molecular weight is 275 g/mol. The Kier molecular flexibility index (Phi) is 4.40. The number of aliphatic carboxylic acids is 1. The maximum atomic E-state index is 12.2. The van der Waals surface area contributed by atoms with Gasteiger partial charge in [-0.3, -0.25) is 4.79 Å². The zero-order valence-corrected chi connectivity index (χ0v) is 11.3.